The van der Waals surface area contributed by atoms with Crippen molar-refractivity contribution in [3.05, 3.63) is 91.3 Å². The Bertz CT molecular complexity index is 921. The first-order valence-electron chi connectivity index (χ1n) is 8.19. The molecule has 4 rings (SSSR count). The van der Waals surface area contributed by atoms with E-state index >= 15 is 0 Å². The quantitative estimate of drug-likeness (QED) is 0.521. The van der Waals surface area contributed by atoms with Gasteiger partial charge in [0.1, 0.15) is 5.82 Å². The molecule has 0 unspecified atom stereocenters. The molecule has 2 aromatic heterocycles. The summed E-state index contributed by atoms with van der Waals surface area (Å²) in [5, 5.41) is 0. The van der Waals surface area contributed by atoms with Gasteiger partial charge in [0, 0.05) is 35.9 Å². The molecule has 0 atom stereocenters. The van der Waals surface area contributed by atoms with Gasteiger partial charge in [0.25, 0.3) is 0 Å². The third kappa shape index (κ3) is 3.31. The zero-order valence-electron chi connectivity index (χ0n) is 13.9. The summed E-state index contributed by atoms with van der Waals surface area (Å²) in [6.07, 6.45) is 7.43. The van der Waals surface area contributed by atoms with E-state index in [1.807, 2.05) is 37.6 Å². The Morgan fingerprint density at radius 3 is 1.80 bits per heavy atom. The van der Waals surface area contributed by atoms with E-state index in [4.69, 9.17) is 0 Å². The molecule has 0 spiro atoms. The van der Waals surface area contributed by atoms with Crippen molar-refractivity contribution in [2.24, 2.45) is 0 Å². The predicted molar refractivity (Wildman–Crippen MR) is 101 cm³/mol. The first-order chi connectivity index (χ1) is 12.3. The Balaban J connectivity index is 1.90. The molecule has 0 saturated heterocycles. The highest BCUT2D eigenvalue weighted by Crippen LogP contribution is 2.32. The second-order valence-electron chi connectivity index (χ2n) is 5.93. The molecule has 0 aliphatic heterocycles. The SMILES string of the molecule is Cc1ncc(-c2cc(-c3ccccc3)cc(-c3cccnc3)c2)cn1. The van der Waals surface area contributed by atoms with Gasteiger partial charge in [-0.3, -0.25) is 4.98 Å². The highest BCUT2D eigenvalue weighted by atomic mass is 14.8. The fourth-order valence-corrected chi connectivity index (χ4v) is 2.83. The largest absolute Gasteiger partial charge is 0.264 e. The molecule has 0 saturated carbocycles. The van der Waals surface area contributed by atoms with E-state index in [1.54, 1.807) is 6.20 Å². The summed E-state index contributed by atoms with van der Waals surface area (Å²) in [6.45, 7) is 1.89. The zero-order valence-corrected chi connectivity index (χ0v) is 13.9. The lowest BCUT2D eigenvalue weighted by molar-refractivity contribution is 1.06. The van der Waals surface area contributed by atoms with Gasteiger partial charge in [-0.1, -0.05) is 36.4 Å². The number of hydrogen-bond donors (Lipinski definition) is 0. The van der Waals surface area contributed by atoms with Crippen molar-refractivity contribution >= 4 is 0 Å². The maximum Gasteiger partial charge on any atom is 0.125 e. The number of nitrogens with zero attached hydrogens (tertiary/aromatic N) is 3. The van der Waals surface area contributed by atoms with Gasteiger partial charge in [-0.2, -0.15) is 0 Å². The Morgan fingerprint density at radius 1 is 0.560 bits per heavy atom. The summed E-state index contributed by atoms with van der Waals surface area (Å²) in [4.78, 5) is 12.9. The van der Waals surface area contributed by atoms with Crippen LogP contribution in [0.5, 0.6) is 0 Å². The third-order valence-electron chi connectivity index (χ3n) is 4.15. The number of hydrogen-bond acceptors (Lipinski definition) is 3. The first kappa shape index (κ1) is 15.2. The van der Waals surface area contributed by atoms with E-state index in [1.165, 1.54) is 5.56 Å². The van der Waals surface area contributed by atoms with Crippen LogP contribution < -0.4 is 0 Å². The van der Waals surface area contributed by atoms with Gasteiger partial charge in [-0.05, 0) is 53.4 Å². The Kier molecular flexibility index (Phi) is 4.05. The average molecular weight is 323 g/mol. The molecule has 2 aromatic carbocycles. The molecule has 4 aromatic rings. The summed E-state index contributed by atoms with van der Waals surface area (Å²) < 4.78 is 0. The van der Waals surface area contributed by atoms with Gasteiger partial charge in [0.05, 0.1) is 0 Å². The van der Waals surface area contributed by atoms with Crippen molar-refractivity contribution in [1.29, 1.82) is 0 Å². The lowest BCUT2D eigenvalue weighted by Crippen LogP contribution is -1.90. The lowest BCUT2D eigenvalue weighted by Gasteiger charge is -2.10. The normalized spacial score (nSPS) is 10.6. The Morgan fingerprint density at radius 2 is 1.16 bits per heavy atom. The number of benzene rings is 2. The highest BCUT2D eigenvalue weighted by molar-refractivity contribution is 5.80. The van der Waals surface area contributed by atoms with Crippen LogP contribution in [0.2, 0.25) is 0 Å². The second-order valence-corrected chi connectivity index (χ2v) is 5.93. The van der Waals surface area contributed by atoms with Crippen LogP contribution in [-0.4, -0.2) is 15.0 Å². The van der Waals surface area contributed by atoms with Gasteiger partial charge in [0.15, 0.2) is 0 Å². The molecule has 2 heterocycles. The van der Waals surface area contributed by atoms with E-state index < -0.39 is 0 Å². The van der Waals surface area contributed by atoms with Crippen LogP contribution in [0.1, 0.15) is 5.82 Å². The molecule has 0 fully saturated rings. The number of rotatable bonds is 3. The van der Waals surface area contributed by atoms with Gasteiger partial charge < -0.3 is 0 Å². The lowest BCUT2D eigenvalue weighted by atomic mass is 9.95. The molecule has 0 N–H and O–H groups in total. The predicted octanol–water partition coefficient (Wildman–Crippen LogP) is 5.18. The van der Waals surface area contributed by atoms with Gasteiger partial charge >= 0.3 is 0 Å². The van der Waals surface area contributed by atoms with Crippen LogP contribution >= 0.6 is 0 Å². The molecule has 25 heavy (non-hydrogen) atoms. The molecule has 0 aliphatic carbocycles. The molecule has 0 amide bonds. The number of pyridine rings is 1. The number of aryl methyl sites for hydroxylation is 1. The van der Waals surface area contributed by atoms with Crippen molar-refractivity contribution < 1.29 is 0 Å². The van der Waals surface area contributed by atoms with Crippen LogP contribution in [0.25, 0.3) is 33.4 Å². The summed E-state index contributed by atoms with van der Waals surface area (Å²) >= 11 is 0. The minimum absolute atomic E-state index is 0.774. The van der Waals surface area contributed by atoms with E-state index in [0.29, 0.717) is 0 Å². The van der Waals surface area contributed by atoms with E-state index in [9.17, 15) is 0 Å². The van der Waals surface area contributed by atoms with Crippen LogP contribution in [0, 0.1) is 6.92 Å². The zero-order chi connectivity index (χ0) is 17.1. The van der Waals surface area contributed by atoms with E-state index in [2.05, 4.69) is 63.5 Å². The van der Waals surface area contributed by atoms with Crippen molar-refractivity contribution in [3.8, 4) is 33.4 Å². The topological polar surface area (TPSA) is 38.7 Å². The van der Waals surface area contributed by atoms with Gasteiger partial charge in [-0.15, -0.1) is 0 Å². The van der Waals surface area contributed by atoms with Crippen LogP contribution in [-0.2, 0) is 0 Å². The minimum Gasteiger partial charge on any atom is -0.264 e. The molecule has 3 nitrogen and oxygen atoms in total. The molecule has 120 valence electrons. The molecule has 0 aliphatic rings. The second kappa shape index (κ2) is 6.65. The smallest absolute Gasteiger partial charge is 0.125 e. The van der Waals surface area contributed by atoms with Gasteiger partial charge in [-0.25, -0.2) is 9.97 Å². The van der Waals surface area contributed by atoms with E-state index in [0.717, 1.165) is 33.6 Å². The van der Waals surface area contributed by atoms with Crippen LogP contribution in [0.15, 0.2) is 85.5 Å². The maximum absolute atomic E-state index is 4.34. The first-order valence-corrected chi connectivity index (χ1v) is 8.19. The fraction of sp³-hybridized carbons (Fsp3) is 0.0455. The highest BCUT2D eigenvalue weighted by Gasteiger charge is 2.08. The molecule has 0 radical (unpaired) electrons. The van der Waals surface area contributed by atoms with E-state index in [-0.39, 0.29) is 0 Å². The summed E-state index contributed by atoms with van der Waals surface area (Å²) in [5.74, 6) is 0.774. The molecular weight excluding hydrogens is 306 g/mol. The Hall–Kier alpha value is -3.33. The average Bonchev–Trinajstić information content (AvgIpc) is 2.69. The van der Waals surface area contributed by atoms with Crippen molar-refractivity contribution in [2.45, 2.75) is 6.92 Å². The maximum atomic E-state index is 4.34. The monoisotopic (exact) mass is 323 g/mol. The van der Waals surface area contributed by atoms with Crippen LogP contribution in [0.4, 0.5) is 0 Å². The van der Waals surface area contributed by atoms with Crippen molar-refractivity contribution in [2.75, 3.05) is 0 Å². The molecular formula is C22H17N3. The summed E-state index contributed by atoms with van der Waals surface area (Å²) in [7, 11) is 0. The summed E-state index contributed by atoms with van der Waals surface area (Å²) in [6, 6.07) is 21.0. The fourth-order valence-electron chi connectivity index (χ4n) is 2.83. The number of aromatic nitrogens is 3. The van der Waals surface area contributed by atoms with Crippen molar-refractivity contribution in [3.63, 3.8) is 0 Å². The minimum atomic E-state index is 0.774. The molecule has 3 heteroatoms. The summed E-state index contributed by atoms with van der Waals surface area (Å²) in [5.41, 5.74) is 6.67. The Labute approximate surface area is 147 Å². The van der Waals surface area contributed by atoms with Crippen LogP contribution in [0.3, 0.4) is 0 Å². The third-order valence-corrected chi connectivity index (χ3v) is 4.15. The van der Waals surface area contributed by atoms with Crippen molar-refractivity contribution in [1.82, 2.24) is 15.0 Å². The molecule has 0 bridgehead atoms. The standard InChI is InChI=1S/C22H17N3/c1-16-24-14-22(15-25-16)21-11-19(17-6-3-2-4-7-17)10-20(12-21)18-8-5-9-23-13-18/h2-15H,1H3. The van der Waals surface area contributed by atoms with Gasteiger partial charge in [0.2, 0.25) is 0 Å².